The molecule has 0 radical (unpaired) electrons. The summed E-state index contributed by atoms with van der Waals surface area (Å²) in [4.78, 5) is 39.6. The van der Waals surface area contributed by atoms with Crippen LogP contribution in [0.3, 0.4) is 0 Å². The van der Waals surface area contributed by atoms with Gasteiger partial charge < -0.3 is 19.9 Å². The van der Waals surface area contributed by atoms with E-state index in [1.807, 2.05) is 60.7 Å². The van der Waals surface area contributed by atoms with E-state index in [1.165, 1.54) is 30.7 Å². The van der Waals surface area contributed by atoms with Crippen molar-refractivity contribution in [2.75, 3.05) is 19.5 Å². The summed E-state index contributed by atoms with van der Waals surface area (Å²) in [5.41, 5.74) is 0.332. The average Bonchev–Trinajstić information content (AvgIpc) is 2.85. The highest BCUT2D eigenvalue weighted by atomic mass is 32.2. The molecule has 0 aromatic heterocycles. The Balaban J connectivity index is 1.68. The van der Waals surface area contributed by atoms with E-state index in [0.717, 1.165) is 11.1 Å². The van der Waals surface area contributed by atoms with Crippen LogP contribution < -0.4 is 5.32 Å². The van der Waals surface area contributed by atoms with Gasteiger partial charge in [0.05, 0.1) is 6.61 Å². The molecule has 9 heteroatoms. The quantitative estimate of drug-likeness (QED) is 0.364. The van der Waals surface area contributed by atoms with Gasteiger partial charge in [0.1, 0.15) is 11.1 Å². The summed E-state index contributed by atoms with van der Waals surface area (Å²) in [7, 11) is 1.33. The number of β-lactam (4-membered cyclic amide) rings is 1. The van der Waals surface area contributed by atoms with Crippen molar-refractivity contribution in [3.8, 4) is 0 Å². The van der Waals surface area contributed by atoms with Gasteiger partial charge in [-0.15, -0.1) is 11.8 Å². The number of esters is 1. The number of aliphatic hydroxyl groups is 1. The van der Waals surface area contributed by atoms with E-state index in [4.69, 9.17) is 9.47 Å². The first kappa shape index (κ1) is 23.0. The molecule has 2 N–H and O–H groups in total. The largest absolute Gasteiger partial charge is 0.448 e. The summed E-state index contributed by atoms with van der Waals surface area (Å²) in [6, 6.07) is 18.6. The molecule has 0 saturated carbocycles. The molecule has 0 unspecified atom stereocenters. The van der Waals surface area contributed by atoms with Crippen LogP contribution in [0.5, 0.6) is 0 Å². The lowest BCUT2D eigenvalue weighted by molar-refractivity contribution is -0.193. The molecule has 2 atom stereocenters. The Morgan fingerprint density at radius 2 is 1.73 bits per heavy atom. The predicted octanol–water partition coefficient (Wildman–Crippen LogP) is 1.96. The zero-order valence-electron chi connectivity index (χ0n) is 18.2. The molecule has 0 spiro atoms. The van der Waals surface area contributed by atoms with Gasteiger partial charge in [0.2, 0.25) is 5.91 Å². The van der Waals surface area contributed by atoms with E-state index in [1.54, 1.807) is 0 Å². The van der Waals surface area contributed by atoms with Gasteiger partial charge in [-0.3, -0.25) is 14.5 Å². The maximum Gasteiger partial charge on any atom is 0.356 e. The van der Waals surface area contributed by atoms with Crippen molar-refractivity contribution in [3.05, 3.63) is 83.1 Å². The minimum Gasteiger partial charge on any atom is -0.448 e. The first-order valence-corrected chi connectivity index (χ1v) is 11.4. The number of methoxy groups -OCH3 is 1. The van der Waals surface area contributed by atoms with Gasteiger partial charge in [-0.2, -0.15) is 0 Å². The molecule has 172 valence electrons. The van der Waals surface area contributed by atoms with Crippen molar-refractivity contribution < 1.29 is 29.0 Å². The van der Waals surface area contributed by atoms with E-state index < -0.39 is 41.6 Å². The molecule has 1 saturated heterocycles. The zero-order valence-corrected chi connectivity index (χ0v) is 19.0. The second-order valence-corrected chi connectivity index (χ2v) is 8.74. The third-order valence-corrected chi connectivity index (χ3v) is 6.98. The number of carbonyl (C=O) groups excluding carboxylic acids is 3. The fourth-order valence-corrected chi connectivity index (χ4v) is 5.49. The molecule has 1 fully saturated rings. The Labute approximate surface area is 195 Å². The van der Waals surface area contributed by atoms with E-state index in [-0.39, 0.29) is 11.4 Å². The molecule has 4 rings (SSSR count). The number of benzene rings is 2. The van der Waals surface area contributed by atoms with Crippen molar-refractivity contribution in [2.24, 2.45) is 0 Å². The van der Waals surface area contributed by atoms with Crippen molar-refractivity contribution >= 4 is 29.5 Å². The van der Waals surface area contributed by atoms with Crippen LogP contribution in [0.4, 0.5) is 0 Å². The summed E-state index contributed by atoms with van der Waals surface area (Å²) in [5, 5.41) is 11.8. The Morgan fingerprint density at radius 3 is 2.21 bits per heavy atom. The van der Waals surface area contributed by atoms with Crippen LogP contribution in [0.1, 0.15) is 24.2 Å². The molecule has 2 aliphatic heterocycles. The lowest BCUT2D eigenvalue weighted by Crippen LogP contribution is -2.80. The highest BCUT2D eigenvalue weighted by molar-refractivity contribution is 8.00. The standard InChI is InChI=1S/C24H24N2O6S/c1-15(28)25-24(31-2)22(30)26-19(18(13-27)14-33-23(24)26)21(29)32-20(16-9-5-3-6-10-16)17-11-7-4-8-12-17/h3-12,20,23,27H,13-14H2,1-2H3,(H,25,28)/t23-,24+/m1/s1. The molecule has 2 heterocycles. The second kappa shape index (κ2) is 9.38. The number of hydrogen-bond donors (Lipinski definition) is 2. The smallest absolute Gasteiger partial charge is 0.356 e. The molecule has 2 aliphatic rings. The van der Waals surface area contributed by atoms with Crippen LogP contribution in [0, 0.1) is 0 Å². The Hall–Kier alpha value is -3.14. The minimum atomic E-state index is -1.57. The molecule has 33 heavy (non-hydrogen) atoms. The lowest BCUT2D eigenvalue weighted by atomic mass is 9.97. The number of carbonyl (C=O) groups is 3. The van der Waals surface area contributed by atoms with Crippen molar-refractivity contribution in [2.45, 2.75) is 24.1 Å². The molecule has 0 aliphatic carbocycles. The fraction of sp³-hybridized carbons (Fsp3) is 0.292. The molecule has 8 nitrogen and oxygen atoms in total. The maximum atomic E-state index is 13.5. The number of fused-ring (bicyclic) bond motifs is 1. The van der Waals surface area contributed by atoms with Gasteiger partial charge >= 0.3 is 5.97 Å². The van der Waals surface area contributed by atoms with E-state index >= 15 is 0 Å². The number of rotatable bonds is 7. The SMILES string of the molecule is CO[C@@]1(NC(C)=O)C(=O)N2C(C(=O)OC(c3ccccc3)c3ccccc3)=C(CO)CS[C@@H]21. The Kier molecular flexibility index (Phi) is 6.55. The molecular formula is C24H24N2O6S. The van der Waals surface area contributed by atoms with E-state index in [0.29, 0.717) is 5.57 Å². The molecule has 2 aromatic carbocycles. The van der Waals surface area contributed by atoms with Crippen LogP contribution in [-0.2, 0) is 23.9 Å². The predicted molar refractivity (Wildman–Crippen MR) is 122 cm³/mol. The average molecular weight is 469 g/mol. The summed E-state index contributed by atoms with van der Waals surface area (Å²) >= 11 is 1.30. The third kappa shape index (κ3) is 4.03. The first-order chi connectivity index (χ1) is 15.9. The number of nitrogens with zero attached hydrogens (tertiary/aromatic N) is 1. The van der Waals surface area contributed by atoms with Crippen LogP contribution in [0.15, 0.2) is 71.9 Å². The number of aliphatic hydroxyl groups excluding tert-OH is 1. The third-order valence-electron chi connectivity index (χ3n) is 5.61. The highest BCUT2D eigenvalue weighted by Crippen LogP contribution is 2.47. The number of amides is 2. The van der Waals surface area contributed by atoms with Gasteiger partial charge in [0, 0.05) is 19.8 Å². The normalized spacial score (nSPS) is 22.0. The van der Waals surface area contributed by atoms with Crippen LogP contribution in [0.25, 0.3) is 0 Å². The minimum absolute atomic E-state index is 0.0128. The van der Waals surface area contributed by atoms with Crippen LogP contribution in [-0.4, -0.2) is 58.4 Å². The molecule has 2 amide bonds. The topological polar surface area (TPSA) is 105 Å². The van der Waals surface area contributed by atoms with Gasteiger partial charge in [-0.05, 0) is 16.7 Å². The fourth-order valence-electron chi connectivity index (χ4n) is 4.06. The van der Waals surface area contributed by atoms with E-state index in [9.17, 15) is 19.5 Å². The highest BCUT2D eigenvalue weighted by Gasteiger charge is 2.66. The number of nitrogens with one attached hydrogen (secondary N) is 1. The number of thioether (sulfide) groups is 1. The van der Waals surface area contributed by atoms with Crippen molar-refractivity contribution in [1.82, 2.24) is 10.2 Å². The van der Waals surface area contributed by atoms with E-state index in [2.05, 4.69) is 5.32 Å². The van der Waals surface area contributed by atoms with Gasteiger partial charge in [0.15, 0.2) is 6.10 Å². The van der Waals surface area contributed by atoms with Crippen LogP contribution in [0.2, 0.25) is 0 Å². The first-order valence-electron chi connectivity index (χ1n) is 10.4. The number of ether oxygens (including phenoxy) is 2. The Bertz CT molecular complexity index is 1050. The van der Waals surface area contributed by atoms with Crippen molar-refractivity contribution in [1.29, 1.82) is 0 Å². The monoisotopic (exact) mass is 468 g/mol. The Morgan fingerprint density at radius 1 is 1.15 bits per heavy atom. The summed E-state index contributed by atoms with van der Waals surface area (Å²) < 4.78 is 11.3. The van der Waals surface area contributed by atoms with Crippen molar-refractivity contribution in [3.63, 3.8) is 0 Å². The van der Waals surface area contributed by atoms with Crippen LogP contribution >= 0.6 is 11.8 Å². The number of hydrogen-bond acceptors (Lipinski definition) is 7. The molecular weight excluding hydrogens is 444 g/mol. The lowest BCUT2D eigenvalue weighted by Gasteiger charge is -2.55. The maximum absolute atomic E-state index is 13.5. The van der Waals surface area contributed by atoms with Gasteiger partial charge in [-0.1, -0.05) is 60.7 Å². The van der Waals surface area contributed by atoms with Gasteiger partial charge in [-0.25, -0.2) is 4.79 Å². The van der Waals surface area contributed by atoms with Gasteiger partial charge in [0.25, 0.3) is 11.6 Å². The molecule has 0 bridgehead atoms. The summed E-state index contributed by atoms with van der Waals surface area (Å²) in [6.45, 7) is 0.883. The summed E-state index contributed by atoms with van der Waals surface area (Å²) in [6.07, 6.45) is -0.709. The summed E-state index contributed by atoms with van der Waals surface area (Å²) in [5.74, 6) is -1.48. The zero-order chi connectivity index (χ0) is 23.6. The second-order valence-electron chi connectivity index (χ2n) is 7.68. The molecule has 2 aromatic rings.